The van der Waals surface area contributed by atoms with E-state index < -0.39 is 27.5 Å². The molecule has 0 saturated carbocycles. The number of aromatic nitrogens is 2. The Labute approximate surface area is 197 Å². The van der Waals surface area contributed by atoms with Crippen LogP contribution in [-0.4, -0.2) is 65.3 Å². The number of aryl methyl sites for hydroxylation is 1. The summed E-state index contributed by atoms with van der Waals surface area (Å²) in [5.74, 6) is -1.86. The zero-order chi connectivity index (χ0) is 24.5. The number of hydrogen-bond acceptors (Lipinski definition) is 5. The van der Waals surface area contributed by atoms with E-state index in [0.717, 1.165) is 17.8 Å². The standard InChI is InChI=1S/C24H25FN4O4S/c1-17-22(18(2)29(26-17)20-7-4-3-5-8-20)23(30)24(31)27-13-6-14-28(16-15-27)34(32,33)21-11-9-19(25)10-12-21/h3-5,7-12H,6,13-16H2,1-2H3. The molecular formula is C24H25FN4O4S. The van der Waals surface area contributed by atoms with Crippen molar-refractivity contribution in [1.29, 1.82) is 0 Å². The summed E-state index contributed by atoms with van der Waals surface area (Å²) in [6.07, 6.45) is 0.376. The van der Waals surface area contributed by atoms with Gasteiger partial charge in [0.15, 0.2) is 0 Å². The number of nitrogens with zero attached hydrogens (tertiary/aromatic N) is 4. The van der Waals surface area contributed by atoms with Gasteiger partial charge in [0.05, 0.1) is 27.5 Å². The molecule has 0 aliphatic carbocycles. The molecule has 2 heterocycles. The number of benzene rings is 2. The van der Waals surface area contributed by atoms with E-state index in [1.807, 2.05) is 30.3 Å². The first-order valence-corrected chi connectivity index (χ1v) is 12.3. The van der Waals surface area contributed by atoms with Crippen LogP contribution in [0.1, 0.15) is 28.2 Å². The predicted molar refractivity (Wildman–Crippen MR) is 124 cm³/mol. The molecule has 0 radical (unpaired) electrons. The molecule has 1 saturated heterocycles. The fourth-order valence-corrected chi connectivity index (χ4v) is 5.60. The van der Waals surface area contributed by atoms with Crippen molar-refractivity contribution in [2.45, 2.75) is 25.2 Å². The number of carbonyl (C=O) groups excluding carboxylic acids is 2. The van der Waals surface area contributed by atoms with Crippen molar-refractivity contribution in [2.24, 2.45) is 0 Å². The molecule has 34 heavy (non-hydrogen) atoms. The van der Waals surface area contributed by atoms with Crippen LogP contribution in [0, 0.1) is 19.7 Å². The highest BCUT2D eigenvalue weighted by Crippen LogP contribution is 2.21. The number of hydrogen-bond donors (Lipinski definition) is 0. The Hall–Kier alpha value is -3.37. The van der Waals surface area contributed by atoms with Crippen molar-refractivity contribution in [3.8, 4) is 5.69 Å². The summed E-state index contributed by atoms with van der Waals surface area (Å²) in [5.41, 5.74) is 2.06. The molecule has 3 aromatic rings. The van der Waals surface area contributed by atoms with E-state index in [0.29, 0.717) is 17.8 Å². The highest BCUT2D eigenvalue weighted by molar-refractivity contribution is 7.89. The summed E-state index contributed by atoms with van der Waals surface area (Å²) in [5, 5.41) is 4.44. The van der Waals surface area contributed by atoms with Gasteiger partial charge in [-0.1, -0.05) is 18.2 Å². The van der Waals surface area contributed by atoms with Gasteiger partial charge in [0.25, 0.3) is 11.7 Å². The lowest BCUT2D eigenvalue weighted by atomic mass is 10.1. The molecule has 178 valence electrons. The van der Waals surface area contributed by atoms with Gasteiger partial charge < -0.3 is 4.90 Å². The lowest BCUT2D eigenvalue weighted by Gasteiger charge is -2.21. The third kappa shape index (κ3) is 4.51. The van der Waals surface area contributed by atoms with Crippen LogP contribution in [0.4, 0.5) is 4.39 Å². The lowest BCUT2D eigenvalue weighted by Crippen LogP contribution is -2.40. The van der Waals surface area contributed by atoms with Crippen molar-refractivity contribution in [2.75, 3.05) is 26.2 Å². The Morgan fingerprint density at radius 1 is 0.912 bits per heavy atom. The molecule has 0 N–H and O–H groups in total. The molecule has 0 atom stereocenters. The Balaban J connectivity index is 1.51. The van der Waals surface area contributed by atoms with Gasteiger partial charge in [0, 0.05) is 26.2 Å². The van der Waals surface area contributed by atoms with Crippen LogP contribution in [0.3, 0.4) is 0 Å². The largest absolute Gasteiger partial charge is 0.334 e. The summed E-state index contributed by atoms with van der Waals surface area (Å²) >= 11 is 0. The molecule has 4 rings (SSSR count). The Morgan fingerprint density at radius 3 is 2.26 bits per heavy atom. The second kappa shape index (κ2) is 9.47. The maximum atomic E-state index is 13.2. The average Bonchev–Trinajstić information content (AvgIpc) is 2.99. The van der Waals surface area contributed by atoms with Gasteiger partial charge in [-0.3, -0.25) is 9.59 Å². The summed E-state index contributed by atoms with van der Waals surface area (Å²) in [7, 11) is -3.83. The zero-order valence-corrected chi connectivity index (χ0v) is 19.8. The minimum atomic E-state index is -3.83. The summed E-state index contributed by atoms with van der Waals surface area (Å²) in [6.45, 7) is 4.00. The number of sulfonamides is 1. The Kier molecular flexibility index (Phi) is 6.63. The number of ketones is 1. The van der Waals surface area contributed by atoms with Crippen molar-refractivity contribution < 1.29 is 22.4 Å². The minimum absolute atomic E-state index is 0.00988. The van der Waals surface area contributed by atoms with Crippen LogP contribution in [0.25, 0.3) is 5.69 Å². The van der Waals surface area contributed by atoms with Gasteiger partial charge >= 0.3 is 0 Å². The monoisotopic (exact) mass is 484 g/mol. The molecule has 8 nitrogen and oxygen atoms in total. The first-order valence-electron chi connectivity index (χ1n) is 10.9. The zero-order valence-electron chi connectivity index (χ0n) is 18.9. The molecule has 0 spiro atoms. The summed E-state index contributed by atoms with van der Waals surface area (Å²) < 4.78 is 42.0. The third-order valence-corrected chi connectivity index (χ3v) is 7.82. The number of halogens is 1. The van der Waals surface area contributed by atoms with Crippen molar-refractivity contribution >= 4 is 21.7 Å². The maximum Gasteiger partial charge on any atom is 0.295 e. The van der Waals surface area contributed by atoms with E-state index >= 15 is 0 Å². The highest BCUT2D eigenvalue weighted by atomic mass is 32.2. The first-order chi connectivity index (χ1) is 16.2. The molecule has 1 aliphatic heterocycles. The molecular weight excluding hydrogens is 459 g/mol. The second-order valence-electron chi connectivity index (χ2n) is 8.13. The number of rotatable bonds is 5. The van der Waals surface area contributed by atoms with Crippen LogP contribution in [-0.2, 0) is 14.8 Å². The second-order valence-corrected chi connectivity index (χ2v) is 10.1. The van der Waals surface area contributed by atoms with Gasteiger partial charge in [-0.25, -0.2) is 17.5 Å². The van der Waals surface area contributed by atoms with Crippen molar-refractivity contribution in [1.82, 2.24) is 19.0 Å². The van der Waals surface area contributed by atoms with Crippen LogP contribution >= 0.6 is 0 Å². The van der Waals surface area contributed by atoms with E-state index in [4.69, 9.17) is 0 Å². The maximum absolute atomic E-state index is 13.2. The molecule has 0 unspecified atom stereocenters. The average molecular weight is 485 g/mol. The Morgan fingerprint density at radius 2 is 1.59 bits per heavy atom. The number of para-hydroxylation sites is 1. The van der Waals surface area contributed by atoms with E-state index in [2.05, 4.69) is 5.10 Å². The van der Waals surface area contributed by atoms with E-state index in [1.165, 1.54) is 21.3 Å². The van der Waals surface area contributed by atoms with Crippen LogP contribution in [0.5, 0.6) is 0 Å². The smallest absolute Gasteiger partial charge is 0.295 e. The SMILES string of the molecule is Cc1nn(-c2ccccc2)c(C)c1C(=O)C(=O)N1CCCN(S(=O)(=O)c2ccc(F)cc2)CC1. The van der Waals surface area contributed by atoms with E-state index in [1.54, 1.807) is 18.5 Å². The first kappa shape index (κ1) is 23.8. The number of carbonyl (C=O) groups is 2. The Bertz CT molecular complexity index is 1320. The fourth-order valence-electron chi connectivity index (χ4n) is 4.14. The topological polar surface area (TPSA) is 92.6 Å². The minimum Gasteiger partial charge on any atom is -0.334 e. The van der Waals surface area contributed by atoms with Gasteiger partial charge in [-0.2, -0.15) is 9.40 Å². The van der Waals surface area contributed by atoms with Gasteiger partial charge in [0.2, 0.25) is 10.0 Å². The molecule has 1 fully saturated rings. The third-order valence-electron chi connectivity index (χ3n) is 5.91. The van der Waals surface area contributed by atoms with Crippen molar-refractivity contribution in [3.63, 3.8) is 0 Å². The summed E-state index contributed by atoms with van der Waals surface area (Å²) in [4.78, 5) is 27.6. The van der Waals surface area contributed by atoms with Crippen LogP contribution in [0.2, 0.25) is 0 Å². The molecule has 10 heteroatoms. The fraction of sp³-hybridized carbons (Fsp3) is 0.292. The molecule has 1 aromatic heterocycles. The highest BCUT2D eigenvalue weighted by Gasteiger charge is 2.32. The van der Waals surface area contributed by atoms with Gasteiger partial charge in [-0.15, -0.1) is 0 Å². The van der Waals surface area contributed by atoms with Crippen molar-refractivity contribution in [3.05, 3.63) is 77.4 Å². The van der Waals surface area contributed by atoms with E-state index in [9.17, 15) is 22.4 Å². The predicted octanol–water partition coefficient (Wildman–Crippen LogP) is 2.73. The normalized spacial score (nSPS) is 15.2. The van der Waals surface area contributed by atoms with Gasteiger partial charge in [0.1, 0.15) is 5.82 Å². The van der Waals surface area contributed by atoms with Crippen LogP contribution in [0.15, 0.2) is 59.5 Å². The quantitative estimate of drug-likeness (QED) is 0.410. The van der Waals surface area contributed by atoms with Gasteiger partial charge in [-0.05, 0) is 56.7 Å². The number of Topliss-reactive ketones (excluding diaryl/α,β-unsaturated/α-hetero) is 1. The number of amides is 1. The molecule has 0 bridgehead atoms. The molecule has 1 amide bonds. The lowest BCUT2D eigenvalue weighted by molar-refractivity contribution is -0.126. The van der Waals surface area contributed by atoms with Crippen LogP contribution < -0.4 is 0 Å². The molecule has 1 aliphatic rings. The molecule has 2 aromatic carbocycles. The summed E-state index contributed by atoms with van der Waals surface area (Å²) in [6, 6.07) is 14.0. The van der Waals surface area contributed by atoms with E-state index in [-0.39, 0.29) is 36.6 Å².